The fourth-order valence-electron chi connectivity index (χ4n) is 2.02. The van der Waals surface area contributed by atoms with Gasteiger partial charge in [0.15, 0.2) is 5.69 Å². The zero-order valence-electron chi connectivity index (χ0n) is 12.1. The number of hydrogen-bond donors (Lipinski definition) is 0. The van der Waals surface area contributed by atoms with Crippen molar-refractivity contribution in [3.8, 4) is 5.69 Å². The van der Waals surface area contributed by atoms with Crippen LogP contribution in [0.2, 0.25) is 0 Å². The van der Waals surface area contributed by atoms with Crippen molar-refractivity contribution >= 4 is 11.9 Å². The lowest BCUT2D eigenvalue weighted by Crippen LogP contribution is -2.16. The van der Waals surface area contributed by atoms with Crippen molar-refractivity contribution in [2.45, 2.75) is 13.8 Å². The molecule has 2 aromatic rings. The molecule has 0 fully saturated rings. The van der Waals surface area contributed by atoms with E-state index in [0.29, 0.717) is 11.4 Å². The smallest absolute Gasteiger partial charge is 0.357 e. The zero-order chi connectivity index (χ0) is 15.4. The molecule has 0 aliphatic carbocycles. The number of nitrogens with zero attached hydrogens (tertiary/aromatic N) is 2. The molecular formula is C15H16N2O4. The number of para-hydroxylation sites is 1. The topological polar surface area (TPSA) is 70.4 Å². The van der Waals surface area contributed by atoms with E-state index in [1.165, 1.54) is 11.8 Å². The lowest BCUT2D eigenvalue weighted by atomic mass is 10.2. The third kappa shape index (κ3) is 2.79. The van der Waals surface area contributed by atoms with E-state index in [0.717, 1.165) is 0 Å². The second-order valence-corrected chi connectivity index (χ2v) is 4.27. The van der Waals surface area contributed by atoms with Gasteiger partial charge in [-0.05, 0) is 26.0 Å². The van der Waals surface area contributed by atoms with E-state index < -0.39 is 11.9 Å². The minimum Gasteiger partial charge on any atom is -0.464 e. The summed E-state index contributed by atoms with van der Waals surface area (Å²) in [5.41, 5.74) is 1.28. The monoisotopic (exact) mass is 288 g/mol. The summed E-state index contributed by atoms with van der Waals surface area (Å²) in [6, 6.07) is 9.06. The first-order chi connectivity index (χ1) is 10.1. The highest BCUT2D eigenvalue weighted by Crippen LogP contribution is 2.20. The summed E-state index contributed by atoms with van der Waals surface area (Å²) in [6.07, 6.45) is 0. The Kier molecular flexibility index (Phi) is 4.37. The average molecular weight is 288 g/mol. The molecule has 0 amide bonds. The molecule has 0 radical (unpaired) electrons. The van der Waals surface area contributed by atoms with Gasteiger partial charge in [-0.2, -0.15) is 5.10 Å². The normalized spacial score (nSPS) is 10.2. The van der Waals surface area contributed by atoms with Gasteiger partial charge in [0.25, 0.3) is 0 Å². The minimum atomic E-state index is -0.637. The molecule has 0 N–H and O–H groups in total. The van der Waals surface area contributed by atoms with Gasteiger partial charge in [-0.3, -0.25) is 0 Å². The van der Waals surface area contributed by atoms with Crippen LogP contribution in [0.3, 0.4) is 0 Å². The van der Waals surface area contributed by atoms with Gasteiger partial charge in [0.2, 0.25) is 0 Å². The molecule has 0 spiro atoms. The summed E-state index contributed by atoms with van der Waals surface area (Å²) >= 11 is 0. The predicted octanol–water partition coefficient (Wildman–Crippen LogP) is 2.14. The van der Waals surface area contributed by atoms with Crippen molar-refractivity contribution in [2.24, 2.45) is 0 Å². The predicted molar refractivity (Wildman–Crippen MR) is 75.6 cm³/mol. The zero-order valence-corrected chi connectivity index (χ0v) is 12.1. The molecule has 0 atom stereocenters. The molecule has 1 heterocycles. The number of benzene rings is 1. The first-order valence-electron chi connectivity index (χ1n) is 6.50. The Labute approximate surface area is 122 Å². The first kappa shape index (κ1) is 14.8. The van der Waals surface area contributed by atoms with E-state index in [9.17, 15) is 9.59 Å². The maximum absolute atomic E-state index is 12.1. The molecule has 0 unspecified atom stereocenters. The number of methoxy groups -OCH3 is 1. The number of aromatic nitrogens is 2. The highest BCUT2D eigenvalue weighted by molar-refractivity contribution is 6.03. The summed E-state index contributed by atoms with van der Waals surface area (Å²) in [4.78, 5) is 24.1. The Morgan fingerprint density at radius 1 is 1.19 bits per heavy atom. The molecule has 110 valence electrons. The fraction of sp³-hybridized carbons (Fsp3) is 0.267. The van der Waals surface area contributed by atoms with Crippen molar-refractivity contribution in [3.05, 3.63) is 47.3 Å². The minimum absolute atomic E-state index is 0.0691. The van der Waals surface area contributed by atoms with Crippen LogP contribution < -0.4 is 0 Å². The van der Waals surface area contributed by atoms with Crippen LogP contribution in [0.15, 0.2) is 30.3 Å². The maximum atomic E-state index is 12.1. The molecule has 0 saturated heterocycles. The lowest BCUT2D eigenvalue weighted by Gasteiger charge is -2.07. The Bertz CT molecular complexity index is 662. The van der Waals surface area contributed by atoms with Crippen molar-refractivity contribution in [2.75, 3.05) is 13.7 Å². The van der Waals surface area contributed by atoms with E-state index in [4.69, 9.17) is 9.47 Å². The Hall–Kier alpha value is -2.63. The standard InChI is InChI=1S/C15H16N2O4/c1-4-21-14(18)12-10(2)16-17(13(12)15(19)20-3)11-8-6-5-7-9-11/h5-9H,4H2,1-3H3. The molecule has 1 aromatic carbocycles. The van der Waals surface area contributed by atoms with Gasteiger partial charge in [0.05, 0.1) is 25.1 Å². The highest BCUT2D eigenvalue weighted by atomic mass is 16.5. The van der Waals surface area contributed by atoms with Gasteiger partial charge in [0.1, 0.15) is 5.56 Å². The van der Waals surface area contributed by atoms with E-state index in [1.54, 1.807) is 26.0 Å². The third-order valence-electron chi connectivity index (χ3n) is 2.92. The molecule has 0 bridgehead atoms. The van der Waals surface area contributed by atoms with E-state index in [1.807, 2.05) is 18.2 Å². The first-order valence-corrected chi connectivity index (χ1v) is 6.50. The number of carbonyl (C=O) groups is 2. The highest BCUT2D eigenvalue weighted by Gasteiger charge is 2.28. The summed E-state index contributed by atoms with van der Waals surface area (Å²) in [5.74, 6) is -1.22. The largest absolute Gasteiger partial charge is 0.464 e. The number of ether oxygens (including phenoxy) is 2. The quantitative estimate of drug-likeness (QED) is 0.806. The molecule has 21 heavy (non-hydrogen) atoms. The van der Waals surface area contributed by atoms with E-state index in [2.05, 4.69) is 5.10 Å². The summed E-state index contributed by atoms with van der Waals surface area (Å²) in [5, 5.41) is 4.27. The number of esters is 2. The van der Waals surface area contributed by atoms with Crippen LogP contribution in [0.25, 0.3) is 5.69 Å². The van der Waals surface area contributed by atoms with Crippen LogP contribution in [0, 0.1) is 6.92 Å². The van der Waals surface area contributed by atoms with Gasteiger partial charge < -0.3 is 9.47 Å². The molecular weight excluding hydrogens is 272 g/mol. The average Bonchev–Trinajstić information content (AvgIpc) is 2.85. The van der Waals surface area contributed by atoms with Crippen LogP contribution in [0.1, 0.15) is 33.5 Å². The number of aryl methyl sites for hydroxylation is 1. The summed E-state index contributed by atoms with van der Waals surface area (Å²) in [6.45, 7) is 3.57. The van der Waals surface area contributed by atoms with Crippen LogP contribution in [0.4, 0.5) is 0 Å². The number of carbonyl (C=O) groups excluding carboxylic acids is 2. The van der Waals surface area contributed by atoms with Gasteiger partial charge in [-0.1, -0.05) is 18.2 Å². The second-order valence-electron chi connectivity index (χ2n) is 4.27. The molecule has 6 heteroatoms. The van der Waals surface area contributed by atoms with Crippen LogP contribution >= 0.6 is 0 Å². The third-order valence-corrected chi connectivity index (χ3v) is 2.92. The van der Waals surface area contributed by atoms with Crippen LogP contribution in [0.5, 0.6) is 0 Å². The van der Waals surface area contributed by atoms with Gasteiger partial charge in [-0.25, -0.2) is 14.3 Å². The fourth-order valence-corrected chi connectivity index (χ4v) is 2.02. The molecule has 0 aliphatic heterocycles. The van der Waals surface area contributed by atoms with Gasteiger partial charge in [-0.15, -0.1) is 0 Å². The maximum Gasteiger partial charge on any atom is 0.357 e. The van der Waals surface area contributed by atoms with Crippen molar-refractivity contribution < 1.29 is 19.1 Å². The van der Waals surface area contributed by atoms with Crippen molar-refractivity contribution in [1.29, 1.82) is 0 Å². The Morgan fingerprint density at radius 2 is 1.86 bits per heavy atom. The van der Waals surface area contributed by atoms with Gasteiger partial charge >= 0.3 is 11.9 Å². The molecule has 6 nitrogen and oxygen atoms in total. The number of rotatable bonds is 4. The molecule has 0 aliphatic rings. The molecule has 1 aromatic heterocycles. The van der Waals surface area contributed by atoms with Crippen LogP contribution in [-0.2, 0) is 9.47 Å². The Balaban J connectivity index is 2.64. The van der Waals surface area contributed by atoms with E-state index >= 15 is 0 Å². The lowest BCUT2D eigenvalue weighted by molar-refractivity contribution is 0.0501. The van der Waals surface area contributed by atoms with Crippen molar-refractivity contribution in [3.63, 3.8) is 0 Å². The van der Waals surface area contributed by atoms with Crippen molar-refractivity contribution in [1.82, 2.24) is 9.78 Å². The number of hydrogen-bond acceptors (Lipinski definition) is 5. The SMILES string of the molecule is CCOC(=O)c1c(C)nn(-c2ccccc2)c1C(=O)OC. The summed E-state index contributed by atoms with van der Waals surface area (Å²) < 4.78 is 11.2. The molecule has 2 rings (SSSR count). The Morgan fingerprint density at radius 3 is 2.43 bits per heavy atom. The van der Waals surface area contributed by atoms with Crippen LogP contribution in [-0.4, -0.2) is 35.4 Å². The summed E-state index contributed by atoms with van der Waals surface area (Å²) in [7, 11) is 1.26. The van der Waals surface area contributed by atoms with Gasteiger partial charge in [0, 0.05) is 0 Å². The van der Waals surface area contributed by atoms with E-state index in [-0.39, 0.29) is 17.9 Å². The second kappa shape index (κ2) is 6.21. The molecule has 0 saturated carbocycles.